The standard InChI is InChI=1S/C14H16IN3O2/c1-4-16-14-10(15)8-17-13(18-14)9-5-6-11(19-2)12(7-9)20-3/h5-8H,4H2,1-3H3,(H,16,17,18). The average Bonchev–Trinajstić information content (AvgIpc) is 2.49. The number of nitrogens with zero attached hydrogens (tertiary/aromatic N) is 2. The first-order chi connectivity index (χ1) is 9.69. The molecule has 0 aliphatic rings. The summed E-state index contributed by atoms with van der Waals surface area (Å²) < 4.78 is 11.5. The lowest BCUT2D eigenvalue weighted by atomic mass is 10.2. The minimum absolute atomic E-state index is 0.655. The average molecular weight is 385 g/mol. The summed E-state index contributed by atoms with van der Waals surface area (Å²) in [7, 11) is 3.22. The van der Waals surface area contributed by atoms with Gasteiger partial charge in [0, 0.05) is 18.3 Å². The second-order valence-corrected chi connectivity index (χ2v) is 5.15. The fraction of sp³-hybridized carbons (Fsp3) is 0.286. The Morgan fingerprint density at radius 2 is 1.95 bits per heavy atom. The molecule has 0 amide bonds. The number of aromatic nitrogens is 2. The molecule has 1 aromatic heterocycles. The van der Waals surface area contributed by atoms with Gasteiger partial charge in [0.05, 0.1) is 17.8 Å². The van der Waals surface area contributed by atoms with Crippen molar-refractivity contribution in [1.82, 2.24) is 9.97 Å². The molecule has 0 bridgehead atoms. The molecule has 2 rings (SSSR count). The number of anilines is 1. The molecule has 5 nitrogen and oxygen atoms in total. The van der Waals surface area contributed by atoms with Gasteiger partial charge in [0.25, 0.3) is 0 Å². The highest BCUT2D eigenvalue weighted by Crippen LogP contribution is 2.31. The van der Waals surface area contributed by atoms with Gasteiger partial charge in [-0.1, -0.05) is 0 Å². The molecule has 0 fully saturated rings. The molecule has 0 aliphatic carbocycles. The summed E-state index contributed by atoms with van der Waals surface area (Å²) in [6.07, 6.45) is 1.80. The van der Waals surface area contributed by atoms with Crippen LogP contribution in [0.1, 0.15) is 6.92 Å². The Kier molecular flexibility index (Phi) is 4.99. The maximum atomic E-state index is 5.30. The van der Waals surface area contributed by atoms with Gasteiger partial charge >= 0.3 is 0 Å². The number of benzene rings is 1. The predicted octanol–water partition coefficient (Wildman–Crippen LogP) is 3.20. The molecular weight excluding hydrogens is 369 g/mol. The lowest BCUT2D eigenvalue weighted by Gasteiger charge is -2.10. The molecule has 2 aromatic rings. The molecule has 1 heterocycles. The van der Waals surface area contributed by atoms with Crippen molar-refractivity contribution >= 4 is 28.4 Å². The second-order valence-electron chi connectivity index (χ2n) is 3.99. The molecule has 6 heteroatoms. The topological polar surface area (TPSA) is 56.3 Å². The zero-order valence-electron chi connectivity index (χ0n) is 11.6. The van der Waals surface area contributed by atoms with Crippen molar-refractivity contribution in [3.63, 3.8) is 0 Å². The van der Waals surface area contributed by atoms with Gasteiger partial charge < -0.3 is 14.8 Å². The number of ether oxygens (including phenoxy) is 2. The van der Waals surface area contributed by atoms with Crippen LogP contribution in [0.5, 0.6) is 11.5 Å². The molecule has 20 heavy (non-hydrogen) atoms. The van der Waals surface area contributed by atoms with E-state index in [1.54, 1.807) is 20.4 Å². The Labute approximate surface area is 131 Å². The minimum Gasteiger partial charge on any atom is -0.493 e. The summed E-state index contributed by atoms with van der Waals surface area (Å²) in [5.74, 6) is 2.85. The zero-order valence-corrected chi connectivity index (χ0v) is 13.8. The summed E-state index contributed by atoms with van der Waals surface area (Å²) >= 11 is 2.21. The third-order valence-corrected chi connectivity index (χ3v) is 3.52. The van der Waals surface area contributed by atoms with Crippen LogP contribution < -0.4 is 14.8 Å². The second kappa shape index (κ2) is 6.74. The highest BCUT2D eigenvalue weighted by Gasteiger charge is 2.10. The van der Waals surface area contributed by atoms with Crippen molar-refractivity contribution < 1.29 is 9.47 Å². The Balaban J connectivity index is 2.43. The van der Waals surface area contributed by atoms with Crippen LogP contribution in [0.2, 0.25) is 0 Å². The van der Waals surface area contributed by atoms with E-state index in [0.717, 1.165) is 21.5 Å². The lowest BCUT2D eigenvalue weighted by Crippen LogP contribution is -2.03. The highest BCUT2D eigenvalue weighted by atomic mass is 127. The Hall–Kier alpha value is -1.57. The van der Waals surface area contributed by atoms with Gasteiger partial charge in [0.2, 0.25) is 0 Å². The van der Waals surface area contributed by atoms with Gasteiger partial charge in [-0.15, -0.1) is 0 Å². The largest absolute Gasteiger partial charge is 0.493 e. The van der Waals surface area contributed by atoms with Crippen LogP contribution in [0.25, 0.3) is 11.4 Å². The molecule has 106 valence electrons. The molecule has 0 spiro atoms. The third kappa shape index (κ3) is 3.12. The normalized spacial score (nSPS) is 10.2. The van der Waals surface area contributed by atoms with E-state index in [2.05, 4.69) is 37.9 Å². The Bertz CT molecular complexity index is 605. The molecular formula is C14H16IN3O2. The summed E-state index contributed by atoms with van der Waals surface area (Å²) in [6, 6.07) is 5.64. The van der Waals surface area contributed by atoms with Gasteiger partial charge in [0.15, 0.2) is 17.3 Å². The zero-order chi connectivity index (χ0) is 14.5. The van der Waals surface area contributed by atoms with E-state index in [9.17, 15) is 0 Å². The van der Waals surface area contributed by atoms with Gasteiger partial charge in [-0.2, -0.15) is 0 Å². The molecule has 0 saturated carbocycles. The Morgan fingerprint density at radius 1 is 1.20 bits per heavy atom. The van der Waals surface area contributed by atoms with Crippen LogP contribution in [-0.4, -0.2) is 30.7 Å². The van der Waals surface area contributed by atoms with E-state index < -0.39 is 0 Å². The molecule has 1 N–H and O–H groups in total. The van der Waals surface area contributed by atoms with Gasteiger partial charge in [-0.05, 0) is 47.7 Å². The van der Waals surface area contributed by atoms with E-state index in [1.807, 2.05) is 25.1 Å². The minimum atomic E-state index is 0.655. The van der Waals surface area contributed by atoms with Crippen LogP contribution in [0.3, 0.4) is 0 Å². The van der Waals surface area contributed by atoms with E-state index in [-0.39, 0.29) is 0 Å². The molecule has 0 aliphatic heterocycles. The number of rotatable bonds is 5. The van der Waals surface area contributed by atoms with Crippen LogP contribution in [0.4, 0.5) is 5.82 Å². The first-order valence-electron chi connectivity index (χ1n) is 6.18. The Morgan fingerprint density at radius 3 is 2.60 bits per heavy atom. The first kappa shape index (κ1) is 14.8. The number of hydrogen-bond donors (Lipinski definition) is 1. The van der Waals surface area contributed by atoms with Crippen molar-refractivity contribution in [2.75, 3.05) is 26.1 Å². The molecule has 0 unspecified atom stereocenters. The monoisotopic (exact) mass is 385 g/mol. The van der Waals surface area contributed by atoms with E-state index in [4.69, 9.17) is 9.47 Å². The van der Waals surface area contributed by atoms with E-state index in [1.165, 1.54) is 0 Å². The SMILES string of the molecule is CCNc1nc(-c2ccc(OC)c(OC)c2)ncc1I. The fourth-order valence-electron chi connectivity index (χ4n) is 1.77. The molecule has 0 radical (unpaired) electrons. The first-order valence-corrected chi connectivity index (χ1v) is 7.26. The maximum absolute atomic E-state index is 5.30. The summed E-state index contributed by atoms with van der Waals surface area (Å²) in [5, 5.41) is 3.22. The molecule has 0 saturated heterocycles. The number of hydrogen-bond acceptors (Lipinski definition) is 5. The summed E-state index contributed by atoms with van der Waals surface area (Å²) in [5.41, 5.74) is 0.887. The van der Waals surface area contributed by atoms with Crippen LogP contribution in [0.15, 0.2) is 24.4 Å². The van der Waals surface area contributed by atoms with E-state index >= 15 is 0 Å². The molecule has 0 atom stereocenters. The number of methoxy groups -OCH3 is 2. The lowest BCUT2D eigenvalue weighted by molar-refractivity contribution is 0.355. The smallest absolute Gasteiger partial charge is 0.161 e. The predicted molar refractivity (Wildman–Crippen MR) is 87.5 cm³/mol. The van der Waals surface area contributed by atoms with Crippen LogP contribution in [0, 0.1) is 3.57 Å². The van der Waals surface area contributed by atoms with Crippen LogP contribution in [-0.2, 0) is 0 Å². The third-order valence-electron chi connectivity index (χ3n) is 2.73. The fourth-order valence-corrected chi connectivity index (χ4v) is 2.22. The molecule has 1 aromatic carbocycles. The number of nitrogens with one attached hydrogen (secondary N) is 1. The quantitative estimate of drug-likeness (QED) is 0.802. The van der Waals surface area contributed by atoms with Crippen LogP contribution >= 0.6 is 22.6 Å². The van der Waals surface area contributed by atoms with Gasteiger partial charge in [-0.25, -0.2) is 9.97 Å². The van der Waals surface area contributed by atoms with Crippen molar-refractivity contribution in [1.29, 1.82) is 0 Å². The van der Waals surface area contributed by atoms with Gasteiger partial charge in [-0.3, -0.25) is 0 Å². The van der Waals surface area contributed by atoms with Crippen molar-refractivity contribution in [2.45, 2.75) is 6.92 Å². The van der Waals surface area contributed by atoms with Gasteiger partial charge in [0.1, 0.15) is 5.82 Å². The van der Waals surface area contributed by atoms with E-state index in [0.29, 0.717) is 17.3 Å². The van der Waals surface area contributed by atoms with Crippen molar-refractivity contribution in [3.8, 4) is 22.9 Å². The highest BCUT2D eigenvalue weighted by molar-refractivity contribution is 14.1. The van der Waals surface area contributed by atoms with Crippen molar-refractivity contribution in [2.24, 2.45) is 0 Å². The number of halogens is 1. The maximum Gasteiger partial charge on any atom is 0.161 e. The van der Waals surface area contributed by atoms with Crippen molar-refractivity contribution in [3.05, 3.63) is 28.0 Å². The summed E-state index contributed by atoms with van der Waals surface area (Å²) in [6.45, 7) is 2.85. The summed E-state index contributed by atoms with van der Waals surface area (Å²) in [4.78, 5) is 8.90.